The highest BCUT2D eigenvalue weighted by molar-refractivity contribution is 5.89. The molecule has 0 aliphatic rings. The van der Waals surface area contributed by atoms with Gasteiger partial charge < -0.3 is 31.9 Å². The third-order valence-corrected chi connectivity index (χ3v) is 1.76. The summed E-state index contributed by atoms with van der Waals surface area (Å²) in [6.07, 6.45) is 0. The number of aliphatic carboxylic acids is 1. The number of nitrogens with one attached hydrogen (secondary N) is 1. The molecule has 0 radical (unpaired) electrons. The van der Waals surface area contributed by atoms with Crippen molar-refractivity contribution in [1.82, 2.24) is 10.2 Å². The van der Waals surface area contributed by atoms with Crippen molar-refractivity contribution in [2.45, 2.75) is 6.04 Å². The molecule has 102 valence electrons. The zero-order valence-electron chi connectivity index (χ0n) is 9.33. The smallest absolute Gasteiger partial charge is 0.328 e. The van der Waals surface area contributed by atoms with Crippen LogP contribution in [-0.4, -0.2) is 64.7 Å². The van der Waals surface area contributed by atoms with Crippen molar-refractivity contribution in [3.8, 4) is 0 Å². The number of carboxylic acids is 1. The van der Waals surface area contributed by atoms with Gasteiger partial charge in [-0.25, -0.2) is 9.59 Å². The molecule has 0 aromatic rings. The molecule has 18 heavy (non-hydrogen) atoms. The normalized spacial score (nSPS) is 11.4. The first-order chi connectivity index (χ1) is 8.27. The van der Waals surface area contributed by atoms with E-state index in [4.69, 9.17) is 21.7 Å². The van der Waals surface area contributed by atoms with E-state index < -0.39 is 49.6 Å². The molecule has 0 aromatic heterocycles. The number of carbonyl (C=O) groups is 4. The van der Waals surface area contributed by atoms with Crippen LogP contribution in [0.15, 0.2) is 0 Å². The lowest BCUT2D eigenvalue weighted by atomic mass is 10.3. The third kappa shape index (κ3) is 5.65. The van der Waals surface area contributed by atoms with Crippen LogP contribution in [-0.2, 0) is 14.4 Å². The summed E-state index contributed by atoms with van der Waals surface area (Å²) < 4.78 is 0. The van der Waals surface area contributed by atoms with Crippen LogP contribution in [0, 0.1) is 0 Å². The molecule has 0 spiro atoms. The maximum absolute atomic E-state index is 11.5. The molecule has 0 saturated carbocycles. The monoisotopic (exact) mass is 262 g/mol. The van der Waals surface area contributed by atoms with E-state index in [1.165, 1.54) is 0 Å². The summed E-state index contributed by atoms with van der Waals surface area (Å²) in [5, 5.41) is 19.2. The highest BCUT2D eigenvalue weighted by Crippen LogP contribution is 1.92. The molecule has 0 aromatic carbocycles. The fourth-order valence-corrected chi connectivity index (χ4v) is 1.00. The topological polar surface area (TPSA) is 176 Å². The Morgan fingerprint density at radius 1 is 1.11 bits per heavy atom. The molecular formula is C8H14N4O6. The second-order valence-corrected chi connectivity index (χ2v) is 3.31. The highest BCUT2D eigenvalue weighted by atomic mass is 16.4. The van der Waals surface area contributed by atoms with Crippen LogP contribution in [0.4, 0.5) is 4.79 Å². The number of carbonyl (C=O) groups excluding carboxylic acids is 3. The van der Waals surface area contributed by atoms with E-state index in [-0.39, 0.29) is 0 Å². The summed E-state index contributed by atoms with van der Waals surface area (Å²) in [6.45, 7) is -2.05. The lowest BCUT2D eigenvalue weighted by molar-refractivity contribution is -0.140. The van der Waals surface area contributed by atoms with Gasteiger partial charge in [-0.15, -0.1) is 0 Å². The van der Waals surface area contributed by atoms with Gasteiger partial charge in [0.1, 0.15) is 13.1 Å². The largest absolute Gasteiger partial charge is 0.480 e. The summed E-state index contributed by atoms with van der Waals surface area (Å²) in [6, 6.07) is -2.60. The molecular weight excluding hydrogens is 248 g/mol. The lowest BCUT2D eigenvalue weighted by Gasteiger charge is -2.22. The Morgan fingerprint density at radius 3 is 1.83 bits per heavy atom. The van der Waals surface area contributed by atoms with Gasteiger partial charge in [0.05, 0.1) is 6.61 Å². The molecule has 1 atom stereocenters. The van der Waals surface area contributed by atoms with Crippen molar-refractivity contribution in [2.75, 3.05) is 19.7 Å². The molecule has 10 nitrogen and oxygen atoms in total. The Hall–Kier alpha value is -2.36. The fourth-order valence-electron chi connectivity index (χ4n) is 1.00. The quantitative estimate of drug-likeness (QED) is 0.316. The van der Waals surface area contributed by atoms with E-state index >= 15 is 0 Å². The van der Waals surface area contributed by atoms with Crippen LogP contribution >= 0.6 is 0 Å². The van der Waals surface area contributed by atoms with Gasteiger partial charge in [-0.3, -0.25) is 9.59 Å². The first kappa shape index (κ1) is 15.6. The van der Waals surface area contributed by atoms with Gasteiger partial charge in [0.25, 0.3) is 0 Å². The SMILES string of the molecule is NC(=O)CN(CC(N)=O)C(=O)N[C@@H](CO)C(=O)O. The number of hydrogen-bond acceptors (Lipinski definition) is 5. The van der Waals surface area contributed by atoms with Gasteiger partial charge in [0, 0.05) is 0 Å². The van der Waals surface area contributed by atoms with Crippen molar-refractivity contribution in [3.63, 3.8) is 0 Å². The molecule has 0 fully saturated rings. The molecule has 0 rings (SSSR count). The minimum absolute atomic E-state index is 0.605. The van der Waals surface area contributed by atoms with Gasteiger partial charge in [-0.05, 0) is 0 Å². The molecule has 0 saturated heterocycles. The highest BCUT2D eigenvalue weighted by Gasteiger charge is 2.24. The van der Waals surface area contributed by atoms with Crippen molar-refractivity contribution in [3.05, 3.63) is 0 Å². The van der Waals surface area contributed by atoms with E-state index in [2.05, 4.69) is 0 Å². The maximum atomic E-state index is 11.5. The Morgan fingerprint density at radius 2 is 1.56 bits per heavy atom. The number of carboxylic acid groups (broad SMARTS) is 1. The number of aliphatic hydroxyl groups is 1. The van der Waals surface area contributed by atoms with Crippen LogP contribution in [0.2, 0.25) is 0 Å². The Kier molecular flexibility index (Phi) is 6.14. The van der Waals surface area contributed by atoms with Gasteiger partial charge in [-0.2, -0.15) is 0 Å². The Balaban J connectivity index is 4.68. The van der Waals surface area contributed by atoms with E-state index in [1.807, 2.05) is 5.32 Å². The second-order valence-electron chi connectivity index (χ2n) is 3.31. The molecule has 10 heteroatoms. The number of nitrogens with two attached hydrogens (primary N) is 2. The summed E-state index contributed by atoms with van der Waals surface area (Å²) in [5.74, 6) is -3.27. The summed E-state index contributed by atoms with van der Waals surface area (Å²) in [7, 11) is 0. The number of amides is 4. The summed E-state index contributed by atoms with van der Waals surface area (Å²) in [5.41, 5.74) is 9.70. The first-order valence-corrected chi connectivity index (χ1v) is 4.73. The molecule has 0 aliphatic heterocycles. The van der Waals surface area contributed by atoms with E-state index in [9.17, 15) is 19.2 Å². The number of primary amides is 2. The molecule has 0 bridgehead atoms. The van der Waals surface area contributed by atoms with Gasteiger partial charge in [-0.1, -0.05) is 0 Å². The van der Waals surface area contributed by atoms with Crippen molar-refractivity contribution in [1.29, 1.82) is 0 Å². The molecule has 0 unspecified atom stereocenters. The summed E-state index contributed by atoms with van der Waals surface area (Å²) in [4.78, 5) is 44.0. The van der Waals surface area contributed by atoms with Gasteiger partial charge in [0.15, 0.2) is 6.04 Å². The predicted molar refractivity (Wildman–Crippen MR) is 57.0 cm³/mol. The fraction of sp³-hybridized carbons (Fsp3) is 0.500. The van der Waals surface area contributed by atoms with Crippen LogP contribution < -0.4 is 16.8 Å². The zero-order chi connectivity index (χ0) is 14.3. The van der Waals surface area contributed by atoms with Gasteiger partial charge >= 0.3 is 12.0 Å². The van der Waals surface area contributed by atoms with E-state index in [0.29, 0.717) is 4.90 Å². The minimum Gasteiger partial charge on any atom is -0.480 e. The van der Waals surface area contributed by atoms with Crippen molar-refractivity contribution < 1.29 is 29.4 Å². The van der Waals surface area contributed by atoms with E-state index in [0.717, 1.165) is 0 Å². The van der Waals surface area contributed by atoms with Crippen LogP contribution in [0.25, 0.3) is 0 Å². The van der Waals surface area contributed by atoms with Crippen molar-refractivity contribution in [2.24, 2.45) is 11.5 Å². The average molecular weight is 262 g/mol. The first-order valence-electron chi connectivity index (χ1n) is 4.73. The molecule has 0 heterocycles. The predicted octanol–water partition coefficient (Wildman–Crippen LogP) is -3.59. The van der Waals surface area contributed by atoms with Crippen LogP contribution in [0.3, 0.4) is 0 Å². The van der Waals surface area contributed by atoms with Gasteiger partial charge in [0.2, 0.25) is 11.8 Å². The Labute approximate surface area is 102 Å². The number of hydrogen-bond donors (Lipinski definition) is 5. The number of aliphatic hydroxyl groups excluding tert-OH is 1. The average Bonchev–Trinajstić information content (AvgIpc) is 2.22. The summed E-state index contributed by atoms with van der Waals surface area (Å²) >= 11 is 0. The van der Waals surface area contributed by atoms with Crippen LogP contribution in [0.1, 0.15) is 0 Å². The minimum atomic E-state index is -1.55. The lowest BCUT2D eigenvalue weighted by Crippen LogP contribution is -2.53. The maximum Gasteiger partial charge on any atom is 0.328 e. The number of rotatable bonds is 7. The number of nitrogens with zero attached hydrogens (tertiary/aromatic N) is 1. The molecule has 0 aliphatic carbocycles. The van der Waals surface area contributed by atoms with E-state index in [1.54, 1.807) is 0 Å². The molecule has 4 amide bonds. The Bertz CT molecular complexity index is 341. The number of urea groups is 1. The van der Waals surface area contributed by atoms with Crippen LogP contribution in [0.5, 0.6) is 0 Å². The zero-order valence-corrected chi connectivity index (χ0v) is 9.33. The standard InChI is InChI=1S/C8H14N4O6/c9-5(14)1-12(2-6(10)15)8(18)11-4(3-13)7(16)17/h4,13H,1-3H2,(H2,9,14)(H2,10,15)(H,11,18)(H,16,17)/t4-/m0/s1. The van der Waals surface area contributed by atoms with Crippen molar-refractivity contribution >= 4 is 23.8 Å². The third-order valence-electron chi connectivity index (χ3n) is 1.76. The molecule has 7 N–H and O–H groups in total. The second kappa shape index (κ2) is 7.06.